The van der Waals surface area contributed by atoms with E-state index in [1.54, 1.807) is 13.0 Å². The number of aromatic amines is 1. The van der Waals surface area contributed by atoms with Gasteiger partial charge >= 0.3 is 5.69 Å². The van der Waals surface area contributed by atoms with Crippen molar-refractivity contribution >= 4 is 17.4 Å². The molecule has 8 heteroatoms. The van der Waals surface area contributed by atoms with Gasteiger partial charge in [0, 0.05) is 25.1 Å². The first-order valence-electron chi connectivity index (χ1n) is 6.99. The number of amides is 1. The third kappa shape index (κ3) is 3.59. The zero-order chi connectivity index (χ0) is 15.4. The van der Waals surface area contributed by atoms with Gasteiger partial charge < -0.3 is 10.6 Å². The van der Waals surface area contributed by atoms with Crippen molar-refractivity contribution in [3.8, 4) is 0 Å². The van der Waals surface area contributed by atoms with Gasteiger partial charge in [0.2, 0.25) is 5.91 Å². The third-order valence-corrected chi connectivity index (χ3v) is 3.25. The summed E-state index contributed by atoms with van der Waals surface area (Å²) in [5.74, 6) is 1.14. The number of hydrogen-bond donors (Lipinski definition) is 3. The summed E-state index contributed by atoms with van der Waals surface area (Å²) < 4.78 is 1.39. The molecule has 8 nitrogen and oxygen atoms in total. The van der Waals surface area contributed by atoms with Crippen LogP contribution in [0.3, 0.4) is 0 Å². The normalized spacial score (nSPS) is 12.3. The van der Waals surface area contributed by atoms with Crippen molar-refractivity contribution < 1.29 is 4.79 Å². The topological polar surface area (TPSA) is 104 Å². The second-order valence-electron chi connectivity index (χ2n) is 4.96. The molecule has 0 aliphatic rings. The second-order valence-corrected chi connectivity index (χ2v) is 4.96. The Kier molecular flexibility index (Phi) is 4.56. The Morgan fingerprint density at radius 2 is 2.29 bits per heavy atom. The van der Waals surface area contributed by atoms with Crippen LogP contribution in [0.15, 0.2) is 10.9 Å². The summed E-state index contributed by atoms with van der Waals surface area (Å²) in [5, 5.41) is 12.2. The van der Waals surface area contributed by atoms with E-state index in [4.69, 9.17) is 0 Å². The predicted molar refractivity (Wildman–Crippen MR) is 79.3 cm³/mol. The minimum atomic E-state index is -0.311. The lowest BCUT2D eigenvalue weighted by atomic mass is 10.2. The molecule has 2 aromatic heterocycles. The highest BCUT2D eigenvalue weighted by Gasteiger charge is 2.08. The van der Waals surface area contributed by atoms with Crippen molar-refractivity contribution in [1.82, 2.24) is 24.9 Å². The van der Waals surface area contributed by atoms with Gasteiger partial charge in [0.05, 0.1) is 0 Å². The lowest BCUT2D eigenvalue weighted by Crippen LogP contribution is -2.33. The number of rotatable bonds is 6. The van der Waals surface area contributed by atoms with Gasteiger partial charge in [-0.3, -0.25) is 4.79 Å². The highest BCUT2D eigenvalue weighted by molar-refractivity contribution is 5.76. The molecule has 114 valence electrons. The van der Waals surface area contributed by atoms with Crippen LogP contribution in [0.4, 0.5) is 5.82 Å². The molecule has 0 bridgehead atoms. The van der Waals surface area contributed by atoms with Crippen LogP contribution in [0.5, 0.6) is 0 Å². The van der Waals surface area contributed by atoms with Gasteiger partial charge in [-0.2, -0.15) is 5.10 Å². The van der Waals surface area contributed by atoms with Crippen LogP contribution in [0.2, 0.25) is 0 Å². The molecule has 2 heterocycles. The molecule has 0 radical (unpaired) electrons. The average molecular weight is 292 g/mol. The van der Waals surface area contributed by atoms with E-state index in [1.807, 2.05) is 13.8 Å². The molecule has 0 aliphatic carbocycles. The van der Waals surface area contributed by atoms with Crippen molar-refractivity contribution in [3.63, 3.8) is 0 Å². The summed E-state index contributed by atoms with van der Waals surface area (Å²) in [5.41, 5.74) is 0.188. The van der Waals surface area contributed by atoms with E-state index in [0.717, 1.165) is 6.42 Å². The summed E-state index contributed by atoms with van der Waals surface area (Å²) in [6.07, 6.45) is 1.27. The fourth-order valence-corrected chi connectivity index (χ4v) is 1.94. The number of carbonyl (C=O) groups is 1. The van der Waals surface area contributed by atoms with Gasteiger partial charge in [0.1, 0.15) is 11.6 Å². The van der Waals surface area contributed by atoms with Crippen LogP contribution >= 0.6 is 0 Å². The SMILES string of the molecule is CCC(C)NC(=O)CCNc1cc2n[nH]c(=O)n2c(C)n1. The first kappa shape index (κ1) is 15.0. The van der Waals surface area contributed by atoms with Crippen molar-refractivity contribution in [1.29, 1.82) is 0 Å². The average Bonchev–Trinajstić information content (AvgIpc) is 2.80. The van der Waals surface area contributed by atoms with Crippen molar-refractivity contribution in [2.45, 2.75) is 39.7 Å². The number of anilines is 1. The van der Waals surface area contributed by atoms with Gasteiger partial charge in [-0.1, -0.05) is 6.92 Å². The monoisotopic (exact) mass is 292 g/mol. The number of fused-ring (bicyclic) bond motifs is 1. The summed E-state index contributed by atoms with van der Waals surface area (Å²) >= 11 is 0. The molecule has 0 aliphatic heterocycles. The highest BCUT2D eigenvalue weighted by Crippen LogP contribution is 2.07. The predicted octanol–water partition coefficient (Wildman–Crippen LogP) is 0.443. The molecule has 0 spiro atoms. The molecule has 21 heavy (non-hydrogen) atoms. The molecule has 1 amide bonds. The molecule has 1 unspecified atom stereocenters. The Morgan fingerprint density at radius 3 is 3.00 bits per heavy atom. The van der Waals surface area contributed by atoms with Crippen molar-refractivity contribution in [2.24, 2.45) is 0 Å². The Bertz CT molecular complexity index is 690. The third-order valence-electron chi connectivity index (χ3n) is 3.25. The van der Waals surface area contributed by atoms with E-state index >= 15 is 0 Å². The maximum absolute atomic E-state index is 11.7. The zero-order valence-corrected chi connectivity index (χ0v) is 12.4. The fraction of sp³-hybridized carbons (Fsp3) is 0.538. The fourth-order valence-electron chi connectivity index (χ4n) is 1.94. The number of hydrogen-bond acceptors (Lipinski definition) is 5. The number of carbonyl (C=O) groups excluding carboxylic acids is 1. The van der Waals surface area contributed by atoms with Gasteiger partial charge in [-0.05, 0) is 20.3 Å². The highest BCUT2D eigenvalue weighted by atomic mass is 16.2. The van der Waals surface area contributed by atoms with E-state index in [-0.39, 0.29) is 17.6 Å². The van der Waals surface area contributed by atoms with Crippen LogP contribution < -0.4 is 16.3 Å². The van der Waals surface area contributed by atoms with Crippen LogP contribution in [-0.2, 0) is 4.79 Å². The number of nitrogens with zero attached hydrogens (tertiary/aromatic N) is 3. The van der Waals surface area contributed by atoms with Crippen LogP contribution in [0.25, 0.3) is 5.65 Å². The van der Waals surface area contributed by atoms with Gasteiger partial charge in [-0.25, -0.2) is 19.3 Å². The smallest absolute Gasteiger partial charge is 0.349 e. The number of nitrogens with one attached hydrogen (secondary N) is 3. The van der Waals surface area contributed by atoms with E-state index < -0.39 is 0 Å². The minimum Gasteiger partial charge on any atom is -0.369 e. The maximum Gasteiger partial charge on any atom is 0.349 e. The maximum atomic E-state index is 11.7. The molecule has 0 saturated heterocycles. The van der Waals surface area contributed by atoms with Gasteiger partial charge in [0.25, 0.3) is 0 Å². The van der Waals surface area contributed by atoms with Crippen molar-refractivity contribution in [3.05, 3.63) is 22.4 Å². The molecule has 3 N–H and O–H groups in total. The molecule has 2 aromatic rings. The number of aromatic nitrogens is 4. The van der Waals surface area contributed by atoms with Gasteiger partial charge in [0.15, 0.2) is 5.65 Å². The quantitative estimate of drug-likeness (QED) is 0.717. The van der Waals surface area contributed by atoms with Gasteiger partial charge in [-0.15, -0.1) is 0 Å². The second kappa shape index (κ2) is 6.38. The first-order chi connectivity index (χ1) is 10.0. The van der Waals surface area contributed by atoms with E-state index in [9.17, 15) is 9.59 Å². The largest absolute Gasteiger partial charge is 0.369 e. The van der Waals surface area contributed by atoms with E-state index in [0.29, 0.717) is 30.3 Å². The standard InChI is InChI=1S/C13H20N6O2/c1-4-8(2)15-12(20)5-6-14-10-7-11-17-18-13(21)19(11)9(3)16-10/h7-8,14H,4-6H2,1-3H3,(H,15,20)(H,18,21). The summed E-state index contributed by atoms with van der Waals surface area (Å²) in [4.78, 5) is 27.4. The molecule has 0 saturated carbocycles. The van der Waals surface area contributed by atoms with Crippen LogP contribution in [0, 0.1) is 6.92 Å². The lowest BCUT2D eigenvalue weighted by Gasteiger charge is -2.11. The van der Waals surface area contributed by atoms with Crippen molar-refractivity contribution in [2.75, 3.05) is 11.9 Å². The molecular formula is C13H20N6O2. The molecule has 0 aromatic carbocycles. The zero-order valence-electron chi connectivity index (χ0n) is 12.4. The van der Waals surface area contributed by atoms with E-state index in [2.05, 4.69) is 25.8 Å². The Hall–Kier alpha value is -2.38. The summed E-state index contributed by atoms with van der Waals surface area (Å²) in [7, 11) is 0. The van der Waals surface area contributed by atoms with E-state index in [1.165, 1.54) is 4.40 Å². The molecule has 1 atom stereocenters. The first-order valence-corrected chi connectivity index (χ1v) is 6.99. The number of aryl methyl sites for hydroxylation is 1. The molecule has 0 fully saturated rings. The number of H-pyrrole nitrogens is 1. The lowest BCUT2D eigenvalue weighted by molar-refractivity contribution is -0.121. The van der Waals surface area contributed by atoms with Crippen LogP contribution in [-0.4, -0.2) is 38.1 Å². The molecule has 2 rings (SSSR count). The summed E-state index contributed by atoms with van der Waals surface area (Å²) in [6.45, 7) is 6.20. The Morgan fingerprint density at radius 1 is 1.52 bits per heavy atom. The minimum absolute atomic E-state index is 0.00522. The van der Waals surface area contributed by atoms with Crippen LogP contribution in [0.1, 0.15) is 32.5 Å². The summed E-state index contributed by atoms with van der Waals surface area (Å²) in [6, 6.07) is 1.85. The molecular weight excluding hydrogens is 272 g/mol. The Balaban J connectivity index is 1.95. The Labute approximate surface area is 122 Å².